The quantitative estimate of drug-likeness (QED) is 0.131. The normalized spacial score (nSPS) is 12.1. The highest BCUT2D eigenvalue weighted by Crippen LogP contribution is 2.42. The van der Waals surface area contributed by atoms with Gasteiger partial charge in [-0.15, -0.1) is 37.2 Å². The fourth-order valence-electron chi connectivity index (χ4n) is 4.78. The van der Waals surface area contributed by atoms with Crippen molar-refractivity contribution in [3.05, 3.63) is 46.5 Å². The number of hydrogen-bond acceptors (Lipinski definition) is 5. The van der Waals surface area contributed by atoms with Gasteiger partial charge in [-0.2, -0.15) is 0 Å². The predicted octanol–water partition coefficient (Wildman–Crippen LogP) is 9.45. The van der Waals surface area contributed by atoms with Crippen LogP contribution in [0.2, 0.25) is 0 Å². The summed E-state index contributed by atoms with van der Waals surface area (Å²) in [6.45, 7) is 29.4. The molecular formula is C34H60Cl3N3O2. The van der Waals surface area contributed by atoms with E-state index in [1.54, 1.807) is 0 Å². The second-order valence-corrected chi connectivity index (χ2v) is 15.2. The summed E-state index contributed by atoms with van der Waals surface area (Å²) in [4.78, 5) is 0. The molecule has 5 N–H and O–H groups in total. The molecule has 5 nitrogen and oxygen atoms in total. The van der Waals surface area contributed by atoms with Gasteiger partial charge in [-0.1, -0.05) is 83.1 Å². The van der Waals surface area contributed by atoms with Crippen molar-refractivity contribution in [2.24, 2.45) is 0 Å². The Morgan fingerprint density at radius 1 is 0.452 bits per heavy atom. The van der Waals surface area contributed by atoms with Crippen molar-refractivity contribution in [3.8, 4) is 11.5 Å². The molecule has 0 atom stereocenters. The van der Waals surface area contributed by atoms with Crippen LogP contribution in [0.5, 0.6) is 11.5 Å². The summed E-state index contributed by atoms with van der Waals surface area (Å²) in [7, 11) is 0. The van der Waals surface area contributed by atoms with Gasteiger partial charge in [0.25, 0.3) is 0 Å². The number of anilines is 2. The average Bonchev–Trinajstić information content (AvgIpc) is 2.76. The van der Waals surface area contributed by atoms with Gasteiger partial charge in [0.15, 0.2) is 0 Å². The van der Waals surface area contributed by atoms with Crippen molar-refractivity contribution in [3.63, 3.8) is 0 Å². The fourth-order valence-corrected chi connectivity index (χ4v) is 4.78. The summed E-state index contributed by atoms with van der Waals surface area (Å²) in [5, 5.41) is 32.6. The van der Waals surface area contributed by atoms with Gasteiger partial charge in [0.2, 0.25) is 0 Å². The van der Waals surface area contributed by atoms with Gasteiger partial charge in [-0.05, 0) is 71.9 Å². The van der Waals surface area contributed by atoms with E-state index in [1.165, 1.54) is 0 Å². The van der Waals surface area contributed by atoms with Crippen LogP contribution < -0.4 is 16.0 Å². The molecule has 0 aliphatic heterocycles. The van der Waals surface area contributed by atoms with Crippen LogP contribution in [0.3, 0.4) is 0 Å². The lowest BCUT2D eigenvalue weighted by molar-refractivity contribution is 0.422. The van der Waals surface area contributed by atoms with Crippen LogP contribution in [-0.4, -0.2) is 36.4 Å². The first kappa shape index (κ1) is 42.6. The van der Waals surface area contributed by atoms with E-state index in [-0.39, 0.29) is 58.9 Å². The maximum absolute atomic E-state index is 10.9. The number of aromatic hydroxyl groups is 2. The van der Waals surface area contributed by atoms with Gasteiger partial charge in [-0.25, -0.2) is 0 Å². The molecule has 8 heteroatoms. The third kappa shape index (κ3) is 12.2. The van der Waals surface area contributed by atoms with E-state index in [1.807, 2.05) is 0 Å². The minimum Gasteiger partial charge on any atom is -0.507 e. The van der Waals surface area contributed by atoms with E-state index in [4.69, 9.17) is 0 Å². The lowest BCUT2D eigenvalue weighted by atomic mass is 9.79. The monoisotopic (exact) mass is 647 g/mol. The molecule has 2 rings (SSSR count). The van der Waals surface area contributed by atoms with Gasteiger partial charge in [0.1, 0.15) is 11.5 Å². The first-order valence-corrected chi connectivity index (χ1v) is 14.7. The number of phenols is 2. The number of halogens is 3. The molecule has 244 valence electrons. The molecule has 0 radical (unpaired) electrons. The van der Waals surface area contributed by atoms with Gasteiger partial charge >= 0.3 is 0 Å². The second kappa shape index (κ2) is 16.5. The number of benzene rings is 2. The van der Waals surface area contributed by atoms with Crippen LogP contribution in [0.15, 0.2) is 24.3 Å². The molecule has 0 aliphatic carbocycles. The highest BCUT2D eigenvalue weighted by molar-refractivity contribution is 5.86. The van der Waals surface area contributed by atoms with Gasteiger partial charge in [-0.3, -0.25) is 0 Å². The summed E-state index contributed by atoms with van der Waals surface area (Å²) < 4.78 is 0. The van der Waals surface area contributed by atoms with E-state index < -0.39 is 0 Å². The molecule has 2 aromatic rings. The Kier molecular flexibility index (Phi) is 16.8. The topological polar surface area (TPSA) is 76.5 Å². The summed E-state index contributed by atoms with van der Waals surface area (Å²) in [6, 6.07) is 8.40. The largest absolute Gasteiger partial charge is 0.507 e. The zero-order valence-corrected chi connectivity index (χ0v) is 30.6. The Hall–Kier alpha value is -1.53. The van der Waals surface area contributed by atoms with E-state index in [2.05, 4.69) is 123 Å². The standard InChI is InChI=1S/C34H57N3O2.3ClH/c1-31(2,3)25-19-23(20-26(29(25)38)32(4,5)6)36-17-13-15-35-16-14-18-37-24-21-27(33(7,8)9)30(39)28(22-24)34(10,11)12;;;/h19-22,35-39H,13-18H2,1-12H3;3*1H. The van der Waals surface area contributed by atoms with Crippen molar-refractivity contribution in [1.29, 1.82) is 0 Å². The van der Waals surface area contributed by atoms with Crippen LogP contribution in [0.4, 0.5) is 11.4 Å². The lowest BCUT2D eigenvalue weighted by Gasteiger charge is -2.28. The van der Waals surface area contributed by atoms with Gasteiger partial charge < -0.3 is 26.2 Å². The van der Waals surface area contributed by atoms with Crippen molar-refractivity contribution in [2.75, 3.05) is 36.8 Å². The Morgan fingerprint density at radius 3 is 0.905 bits per heavy atom. The first-order chi connectivity index (χ1) is 17.7. The SMILES string of the molecule is CC(C)(C)c1cc(NCCCNCCCNc2cc(C(C)(C)C)c(O)c(C(C)(C)C)c2)cc(C(C)(C)C)c1O.Cl.Cl.Cl. The van der Waals surface area contributed by atoms with Crippen LogP contribution in [-0.2, 0) is 21.7 Å². The summed E-state index contributed by atoms with van der Waals surface area (Å²) >= 11 is 0. The number of phenolic OH excluding ortho intramolecular Hbond substituents is 2. The molecule has 0 saturated carbocycles. The van der Waals surface area contributed by atoms with E-state index in [0.29, 0.717) is 11.5 Å². The highest BCUT2D eigenvalue weighted by atomic mass is 35.5. The van der Waals surface area contributed by atoms with Crippen molar-refractivity contribution in [1.82, 2.24) is 5.32 Å². The van der Waals surface area contributed by atoms with E-state index in [9.17, 15) is 10.2 Å². The smallest absolute Gasteiger partial charge is 0.123 e. The fraction of sp³-hybridized carbons (Fsp3) is 0.647. The summed E-state index contributed by atoms with van der Waals surface area (Å²) in [6.07, 6.45) is 2.04. The van der Waals surface area contributed by atoms with Crippen LogP contribution in [0, 0.1) is 0 Å². The Labute approximate surface area is 275 Å². The molecule has 0 bridgehead atoms. The molecule has 42 heavy (non-hydrogen) atoms. The average molecular weight is 649 g/mol. The molecule has 0 spiro atoms. The van der Waals surface area contributed by atoms with Crippen LogP contribution >= 0.6 is 37.2 Å². The van der Waals surface area contributed by atoms with E-state index in [0.717, 1.165) is 72.6 Å². The predicted molar refractivity (Wildman–Crippen MR) is 192 cm³/mol. The molecule has 0 unspecified atom stereocenters. The van der Waals surface area contributed by atoms with Gasteiger partial charge in [0, 0.05) is 46.7 Å². The Morgan fingerprint density at radius 2 is 0.690 bits per heavy atom. The van der Waals surface area contributed by atoms with Crippen molar-refractivity contribution >= 4 is 48.6 Å². The zero-order chi connectivity index (χ0) is 29.8. The molecule has 2 aromatic carbocycles. The first-order valence-electron chi connectivity index (χ1n) is 14.7. The third-order valence-electron chi connectivity index (χ3n) is 7.17. The summed E-state index contributed by atoms with van der Waals surface area (Å²) in [5.74, 6) is 0.847. The number of hydrogen-bond donors (Lipinski definition) is 5. The second-order valence-electron chi connectivity index (χ2n) is 15.2. The van der Waals surface area contributed by atoms with Crippen molar-refractivity contribution < 1.29 is 10.2 Å². The molecule has 0 heterocycles. The summed E-state index contributed by atoms with van der Waals surface area (Å²) in [5.41, 5.74) is 5.60. The Balaban J connectivity index is 0. The molecule has 0 saturated heterocycles. The molecule has 0 aliphatic rings. The lowest BCUT2D eigenvalue weighted by Crippen LogP contribution is -2.22. The molecule has 0 fully saturated rings. The zero-order valence-electron chi connectivity index (χ0n) is 28.2. The Bertz CT molecular complexity index is 951. The maximum atomic E-state index is 10.9. The van der Waals surface area contributed by atoms with Crippen LogP contribution in [0.1, 0.15) is 118 Å². The van der Waals surface area contributed by atoms with E-state index >= 15 is 0 Å². The van der Waals surface area contributed by atoms with Crippen LogP contribution in [0.25, 0.3) is 0 Å². The molecule has 0 aromatic heterocycles. The third-order valence-corrected chi connectivity index (χ3v) is 7.17. The van der Waals surface area contributed by atoms with Crippen molar-refractivity contribution in [2.45, 2.75) is 118 Å². The number of nitrogens with one attached hydrogen (secondary N) is 3. The minimum absolute atomic E-state index is 0. The number of rotatable bonds is 10. The molecular weight excluding hydrogens is 589 g/mol. The maximum Gasteiger partial charge on any atom is 0.123 e. The minimum atomic E-state index is -0.125. The highest BCUT2D eigenvalue weighted by Gasteiger charge is 2.27. The molecule has 0 amide bonds. The van der Waals surface area contributed by atoms with Gasteiger partial charge in [0.05, 0.1) is 0 Å².